The van der Waals surface area contributed by atoms with E-state index >= 15 is 0 Å². The van der Waals surface area contributed by atoms with Crippen LogP contribution in [0.3, 0.4) is 0 Å². The second kappa shape index (κ2) is 8.58. The molecule has 0 bridgehead atoms. The molecule has 20 heavy (non-hydrogen) atoms. The van der Waals surface area contributed by atoms with Gasteiger partial charge in [-0.1, -0.05) is 20.8 Å². The molecule has 114 valence electrons. The van der Waals surface area contributed by atoms with Crippen molar-refractivity contribution in [1.29, 1.82) is 0 Å². The average Bonchev–Trinajstić information content (AvgIpc) is 2.44. The van der Waals surface area contributed by atoms with E-state index in [4.69, 9.17) is 9.84 Å². The second-order valence-corrected chi connectivity index (χ2v) is 5.04. The van der Waals surface area contributed by atoms with Gasteiger partial charge in [0.05, 0.1) is 7.11 Å². The van der Waals surface area contributed by atoms with E-state index in [1.165, 1.54) is 6.33 Å². The molecule has 0 spiro atoms. The predicted molar refractivity (Wildman–Crippen MR) is 81.3 cm³/mol. The van der Waals surface area contributed by atoms with Crippen LogP contribution in [-0.2, 0) is 0 Å². The van der Waals surface area contributed by atoms with Gasteiger partial charge in [0.15, 0.2) is 11.6 Å². The first-order valence-corrected chi connectivity index (χ1v) is 7.14. The van der Waals surface area contributed by atoms with Crippen LogP contribution in [0.1, 0.15) is 33.6 Å². The fourth-order valence-corrected chi connectivity index (χ4v) is 1.93. The summed E-state index contributed by atoms with van der Waals surface area (Å²) in [4.78, 5) is 8.46. The molecular formula is C14H26N4O2. The number of ether oxygens (including phenoxy) is 1. The lowest BCUT2D eigenvalue weighted by atomic mass is 10.0. The topological polar surface area (TPSA) is 79.3 Å². The summed E-state index contributed by atoms with van der Waals surface area (Å²) in [7, 11) is 1.61. The van der Waals surface area contributed by atoms with Crippen molar-refractivity contribution in [1.82, 2.24) is 9.97 Å². The smallest absolute Gasteiger partial charge is 0.204 e. The summed E-state index contributed by atoms with van der Waals surface area (Å²) in [6, 6.07) is 0.142. The zero-order chi connectivity index (χ0) is 15.0. The van der Waals surface area contributed by atoms with Crippen molar-refractivity contribution in [2.24, 2.45) is 5.92 Å². The Hall–Kier alpha value is -1.56. The van der Waals surface area contributed by atoms with E-state index < -0.39 is 0 Å². The summed E-state index contributed by atoms with van der Waals surface area (Å²) in [6.07, 6.45) is 3.19. The first kappa shape index (κ1) is 16.5. The Balaban J connectivity index is 2.92. The van der Waals surface area contributed by atoms with Gasteiger partial charge in [0.2, 0.25) is 5.75 Å². The van der Waals surface area contributed by atoms with E-state index in [0.717, 1.165) is 13.0 Å². The van der Waals surface area contributed by atoms with Crippen LogP contribution in [0.2, 0.25) is 0 Å². The maximum absolute atomic E-state index is 9.14. The average molecular weight is 282 g/mol. The van der Waals surface area contributed by atoms with Crippen molar-refractivity contribution in [3.05, 3.63) is 6.33 Å². The molecule has 0 saturated heterocycles. The van der Waals surface area contributed by atoms with E-state index in [2.05, 4.69) is 41.4 Å². The molecule has 0 aliphatic heterocycles. The molecule has 1 atom stereocenters. The molecule has 1 heterocycles. The number of hydrogen-bond acceptors (Lipinski definition) is 6. The van der Waals surface area contributed by atoms with Crippen molar-refractivity contribution in [3.63, 3.8) is 0 Å². The third-order valence-corrected chi connectivity index (χ3v) is 3.12. The van der Waals surface area contributed by atoms with Gasteiger partial charge in [-0.15, -0.1) is 0 Å². The fourth-order valence-electron chi connectivity index (χ4n) is 1.93. The third kappa shape index (κ3) is 4.52. The van der Waals surface area contributed by atoms with Crippen LogP contribution in [0.5, 0.6) is 5.75 Å². The molecule has 0 saturated carbocycles. The Labute approximate surface area is 121 Å². The highest BCUT2D eigenvalue weighted by atomic mass is 16.5. The predicted octanol–water partition coefficient (Wildman–Crippen LogP) is 2.13. The summed E-state index contributed by atoms with van der Waals surface area (Å²) >= 11 is 0. The first-order chi connectivity index (χ1) is 9.63. The molecule has 0 fully saturated rings. The SMILES string of the molecule is CCCNc1ncnc(NC(CCO)C(C)C)c1OC. The van der Waals surface area contributed by atoms with Gasteiger partial charge in [-0.3, -0.25) is 0 Å². The summed E-state index contributed by atoms with van der Waals surface area (Å²) in [5.74, 6) is 2.35. The monoisotopic (exact) mass is 282 g/mol. The lowest BCUT2D eigenvalue weighted by Crippen LogP contribution is -2.27. The molecular weight excluding hydrogens is 256 g/mol. The molecule has 0 amide bonds. The van der Waals surface area contributed by atoms with Gasteiger partial charge < -0.3 is 20.5 Å². The molecule has 0 aliphatic rings. The van der Waals surface area contributed by atoms with Gasteiger partial charge in [0.25, 0.3) is 0 Å². The van der Waals surface area contributed by atoms with E-state index in [-0.39, 0.29) is 12.6 Å². The van der Waals surface area contributed by atoms with Crippen molar-refractivity contribution in [2.45, 2.75) is 39.7 Å². The number of aliphatic hydroxyl groups excluding tert-OH is 1. The molecule has 3 N–H and O–H groups in total. The van der Waals surface area contributed by atoms with Crippen LogP contribution < -0.4 is 15.4 Å². The molecule has 1 rings (SSSR count). The molecule has 1 aromatic rings. The minimum absolute atomic E-state index is 0.142. The molecule has 0 aromatic carbocycles. The second-order valence-electron chi connectivity index (χ2n) is 5.04. The molecule has 1 unspecified atom stereocenters. The van der Waals surface area contributed by atoms with Crippen LogP contribution >= 0.6 is 0 Å². The molecule has 1 aromatic heterocycles. The molecule has 0 radical (unpaired) electrons. The number of anilines is 2. The Morgan fingerprint density at radius 2 is 2.00 bits per heavy atom. The first-order valence-electron chi connectivity index (χ1n) is 7.14. The Morgan fingerprint density at radius 1 is 1.30 bits per heavy atom. The van der Waals surface area contributed by atoms with Crippen LogP contribution in [0.25, 0.3) is 0 Å². The van der Waals surface area contributed by atoms with E-state index in [9.17, 15) is 0 Å². The minimum atomic E-state index is 0.142. The van der Waals surface area contributed by atoms with Crippen LogP contribution in [0.4, 0.5) is 11.6 Å². The maximum Gasteiger partial charge on any atom is 0.204 e. The van der Waals surface area contributed by atoms with Crippen molar-refractivity contribution in [3.8, 4) is 5.75 Å². The maximum atomic E-state index is 9.14. The van der Waals surface area contributed by atoms with E-state index in [1.54, 1.807) is 7.11 Å². The van der Waals surface area contributed by atoms with E-state index in [1.807, 2.05) is 0 Å². The minimum Gasteiger partial charge on any atom is -0.490 e. The Kier molecular flexibility index (Phi) is 7.08. The number of nitrogens with zero attached hydrogens (tertiary/aromatic N) is 2. The number of rotatable bonds is 9. The number of nitrogens with one attached hydrogen (secondary N) is 2. The quantitative estimate of drug-likeness (QED) is 0.644. The summed E-state index contributed by atoms with van der Waals surface area (Å²) < 4.78 is 5.42. The standard InChI is InChI=1S/C14H26N4O2/c1-5-7-15-13-12(20-4)14(17-9-16-13)18-11(6-8-19)10(2)3/h9-11,19H,5-8H2,1-4H3,(H2,15,16,17,18). The molecule has 0 aliphatic carbocycles. The van der Waals surface area contributed by atoms with E-state index in [0.29, 0.717) is 29.7 Å². The van der Waals surface area contributed by atoms with Crippen molar-refractivity contribution in [2.75, 3.05) is 30.9 Å². The number of aliphatic hydroxyl groups is 1. The zero-order valence-corrected chi connectivity index (χ0v) is 12.8. The molecule has 6 nitrogen and oxygen atoms in total. The van der Waals surface area contributed by atoms with Crippen molar-refractivity contribution >= 4 is 11.6 Å². The van der Waals surface area contributed by atoms with Gasteiger partial charge in [-0.2, -0.15) is 0 Å². The zero-order valence-electron chi connectivity index (χ0n) is 12.8. The summed E-state index contributed by atoms with van der Waals surface area (Å²) in [6.45, 7) is 7.28. The molecule has 6 heteroatoms. The lowest BCUT2D eigenvalue weighted by Gasteiger charge is -2.23. The lowest BCUT2D eigenvalue weighted by molar-refractivity contribution is 0.267. The number of methoxy groups -OCH3 is 1. The third-order valence-electron chi connectivity index (χ3n) is 3.12. The normalized spacial score (nSPS) is 12.3. The number of hydrogen-bond donors (Lipinski definition) is 3. The van der Waals surface area contributed by atoms with Crippen LogP contribution in [0.15, 0.2) is 6.33 Å². The van der Waals surface area contributed by atoms with Gasteiger partial charge in [0.1, 0.15) is 6.33 Å². The highest BCUT2D eigenvalue weighted by Gasteiger charge is 2.18. The Bertz CT molecular complexity index is 399. The van der Waals surface area contributed by atoms with Crippen LogP contribution in [0, 0.1) is 5.92 Å². The van der Waals surface area contributed by atoms with Gasteiger partial charge >= 0.3 is 0 Å². The number of aromatic nitrogens is 2. The van der Waals surface area contributed by atoms with Gasteiger partial charge in [-0.25, -0.2) is 9.97 Å². The Morgan fingerprint density at radius 3 is 2.55 bits per heavy atom. The largest absolute Gasteiger partial charge is 0.490 e. The van der Waals surface area contributed by atoms with Gasteiger partial charge in [0, 0.05) is 19.2 Å². The van der Waals surface area contributed by atoms with Crippen LogP contribution in [-0.4, -0.2) is 41.4 Å². The highest BCUT2D eigenvalue weighted by molar-refractivity contribution is 5.63. The van der Waals surface area contributed by atoms with Crippen molar-refractivity contribution < 1.29 is 9.84 Å². The summed E-state index contributed by atoms with van der Waals surface area (Å²) in [5, 5.41) is 15.7. The van der Waals surface area contributed by atoms with Gasteiger partial charge in [-0.05, 0) is 18.8 Å². The fraction of sp³-hybridized carbons (Fsp3) is 0.714. The summed E-state index contributed by atoms with van der Waals surface area (Å²) in [5.41, 5.74) is 0. The highest BCUT2D eigenvalue weighted by Crippen LogP contribution is 2.30.